The molecule has 2 amide bonds. The third-order valence-electron chi connectivity index (χ3n) is 5.56. The second-order valence-corrected chi connectivity index (χ2v) is 7.52. The molecule has 3 aliphatic rings. The van der Waals surface area contributed by atoms with E-state index in [4.69, 9.17) is 14.2 Å². The van der Waals surface area contributed by atoms with Crippen LogP contribution in [0.15, 0.2) is 18.2 Å². The number of benzene rings is 1. The summed E-state index contributed by atoms with van der Waals surface area (Å²) in [5.41, 5.74) is 0.528. The number of rotatable bonds is 5. The van der Waals surface area contributed by atoms with E-state index in [2.05, 4.69) is 5.32 Å². The maximum absolute atomic E-state index is 12.5. The highest BCUT2D eigenvalue weighted by molar-refractivity contribution is 5.96. The zero-order valence-electron chi connectivity index (χ0n) is 15.8. The van der Waals surface area contributed by atoms with Gasteiger partial charge in [0.15, 0.2) is 17.6 Å². The van der Waals surface area contributed by atoms with E-state index in [1.165, 1.54) is 6.92 Å². The van der Waals surface area contributed by atoms with Crippen LogP contribution in [0.1, 0.15) is 39.0 Å². The van der Waals surface area contributed by atoms with Gasteiger partial charge >= 0.3 is 5.97 Å². The van der Waals surface area contributed by atoms with Crippen molar-refractivity contribution in [1.82, 2.24) is 4.90 Å². The monoisotopic (exact) mass is 388 g/mol. The molecule has 0 unspecified atom stereocenters. The van der Waals surface area contributed by atoms with E-state index in [1.807, 2.05) is 4.90 Å². The van der Waals surface area contributed by atoms with Gasteiger partial charge in [-0.25, -0.2) is 0 Å². The van der Waals surface area contributed by atoms with Crippen LogP contribution in [0, 0.1) is 5.92 Å². The van der Waals surface area contributed by atoms with E-state index in [9.17, 15) is 14.4 Å². The molecule has 2 aliphatic heterocycles. The van der Waals surface area contributed by atoms with Gasteiger partial charge in [0.25, 0.3) is 5.91 Å². The molecule has 1 aromatic carbocycles. The zero-order chi connectivity index (χ0) is 19.7. The second kappa shape index (κ2) is 7.69. The van der Waals surface area contributed by atoms with Crippen LogP contribution in [0.4, 0.5) is 5.69 Å². The Balaban J connectivity index is 1.30. The molecule has 150 valence electrons. The van der Waals surface area contributed by atoms with Crippen LogP contribution in [0.3, 0.4) is 0 Å². The Morgan fingerprint density at radius 2 is 1.96 bits per heavy atom. The van der Waals surface area contributed by atoms with E-state index in [0.717, 1.165) is 25.7 Å². The summed E-state index contributed by atoms with van der Waals surface area (Å²) in [4.78, 5) is 38.9. The number of anilines is 1. The first-order chi connectivity index (χ1) is 13.5. The summed E-state index contributed by atoms with van der Waals surface area (Å²) in [5, 5.41) is 2.70. The molecule has 2 fully saturated rings. The van der Waals surface area contributed by atoms with Gasteiger partial charge in [0.2, 0.25) is 12.7 Å². The van der Waals surface area contributed by atoms with Crippen molar-refractivity contribution < 1.29 is 28.6 Å². The topological polar surface area (TPSA) is 94.2 Å². The summed E-state index contributed by atoms with van der Waals surface area (Å²) < 4.78 is 15.8. The molecular weight excluding hydrogens is 364 g/mol. The van der Waals surface area contributed by atoms with E-state index in [-0.39, 0.29) is 25.2 Å². The lowest BCUT2D eigenvalue weighted by Crippen LogP contribution is -2.36. The van der Waals surface area contributed by atoms with Crippen molar-refractivity contribution in [3.63, 3.8) is 0 Å². The molecule has 0 bridgehead atoms. The average Bonchev–Trinajstić information content (AvgIpc) is 3.41. The molecule has 8 heteroatoms. The maximum atomic E-state index is 12.5. The Bertz CT molecular complexity index is 789. The van der Waals surface area contributed by atoms with Crippen LogP contribution >= 0.6 is 0 Å². The Hall–Kier alpha value is -2.77. The van der Waals surface area contributed by atoms with Crippen molar-refractivity contribution >= 4 is 23.5 Å². The summed E-state index contributed by atoms with van der Waals surface area (Å²) in [5.74, 6) is -0.263. The maximum Gasteiger partial charge on any atom is 0.312 e. The minimum Gasteiger partial charge on any atom is -0.454 e. The van der Waals surface area contributed by atoms with E-state index in [1.54, 1.807) is 18.2 Å². The van der Waals surface area contributed by atoms with Gasteiger partial charge < -0.3 is 24.4 Å². The molecule has 1 aliphatic carbocycles. The molecule has 0 spiro atoms. The Morgan fingerprint density at radius 3 is 2.75 bits per heavy atom. The van der Waals surface area contributed by atoms with Crippen LogP contribution in [0.5, 0.6) is 11.5 Å². The van der Waals surface area contributed by atoms with Crippen molar-refractivity contribution in [2.24, 2.45) is 5.92 Å². The van der Waals surface area contributed by atoms with Gasteiger partial charge in [0.1, 0.15) is 0 Å². The summed E-state index contributed by atoms with van der Waals surface area (Å²) in [6.45, 7) is 2.06. The standard InChI is InChI=1S/C20H24N2O6/c1-12(19(24)21-14-6-7-16-17(9-14)27-11-26-16)28-20(25)13-8-18(23)22(10-13)15-4-2-3-5-15/h6-7,9,12-13,15H,2-5,8,10-11H2,1H3,(H,21,24)/t12-,13+/m0/s1. The predicted molar refractivity (Wildman–Crippen MR) is 98.8 cm³/mol. The van der Waals surface area contributed by atoms with Gasteiger partial charge in [0, 0.05) is 30.8 Å². The van der Waals surface area contributed by atoms with Gasteiger partial charge in [0.05, 0.1) is 5.92 Å². The molecule has 0 aromatic heterocycles. The van der Waals surface area contributed by atoms with Crippen LogP contribution in [0.25, 0.3) is 0 Å². The predicted octanol–water partition coefficient (Wildman–Crippen LogP) is 2.08. The summed E-state index contributed by atoms with van der Waals surface area (Å²) >= 11 is 0. The van der Waals surface area contributed by atoms with Crippen LogP contribution in [-0.4, -0.2) is 48.2 Å². The molecule has 4 rings (SSSR count). The number of likely N-dealkylation sites (tertiary alicyclic amines) is 1. The highest BCUT2D eigenvalue weighted by Gasteiger charge is 2.40. The fourth-order valence-corrected chi connectivity index (χ4v) is 4.00. The number of ether oxygens (including phenoxy) is 3. The fraction of sp³-hybridized carbons (Fsp3) is 0.550. The van der Waals surface area contributed by atoms with Crippen molar-refractivity contribution in [3.8, 4) is 11.5 Å². The van der Waals surface area contributed by atoms with E-state index in [0.29, 0.717) is 23.7 Å². The van der Waals surface area contributed by atoms with Gasteiger partial charge in [-0.05, 0) is 31.9 Å². The first-order valence-corrected chi connectivity index (χ1v) is 9.72. The number of esters is 1. The molecule has 1 saturated heterocycles. The second-order valence-electron chi connectivity index (χ2n) is 7.52. The molecule has 28 heavy (non-hydrogen) atoms. The normalized spacial score (nSPS) is 22.4. The number of hydrogen-bond donors (Lipinski definition) is 1. The van der Waals surface area contributed by atoms with Gasteiger partial charge in [-0.15, -0.1) is 0 Å². The van der Waals surface area contributed by atoms with Crippen LogP contribution in [-0.2, 0) is 19.1 Å². The first-order valence-electron chi connectivity index (χ1n) is 9.72. The molecule has 2 heterocycles. The lowest BCUT2D eigenvalue weighted by molar-refractivity contribution is -0.157. The average molecular weight is 388 g/mol. The minimum atomic E-state index is -0.964. The van der Waals surface area contributed by atoms with Crippen LogP contribution < -0.4 is 14.8 Å². The smallest absolute Gasteiger partial charge is 0.312 e. The summed E-state index contributed by atoms with van der Waals surface area (Å²) in [6.07, 6.45) is 3.45. The molecule has 1 N–H and O–H groups in total. The lowest BCUT2D eigenvalue weighted by atomic mass is 10.1. The molecular formula is C20H24N2O6. The van der Waals surface area contributed by atoms with Gasteiger partial charge in [-0.3, -0.25) is 14.4 Å². The number of carbonyl (C=O) groups excluding carboxylic acids is 3. The Labute approximate surface area is 163 Å². The Morgan fingerprint density at radius 1 is 1.21 bits per heavy atom. The Kier molecular flexibility index (Phi) is 5.11. The minimum absolute atomic E-state index is 0.00585. The first kappa shape index (κ1) is 18.6. The van der Waals surface area contributed by atoms with Crippen molar-refractivity contribution in [2.45, 2.75) is 51.2 Å². The summed E-state index contributed by atoms with van der Waals surface area (Å²) in [6, 6.07) is 5.30. The molecule has 2 atom stereocenters. The summed E-state index contributed by atoms with van der Waals surface area (Å²) in [7, 11) is 0. The third kappa shape index (κ3) is 3.76. The molecule has 0 radical (unpaired) electrons. The third-order valence-corrected chi connectivity index (χ3v) is 5.56. The molecule has 8 nitrogen and oxygen atoms in total. The van der Waals surface area contributed by atoms with E-state index >= 15 is 0 Å². The number of carbonyl (C=O) groups is 3. The van der Waals surface area contributed by atoms with Gasteiger partial charge in [-0.1, -0.05) is 12.8 Å². The van der Waals surface area contributed by atoms with Crippen molar-refractivity contribution in [2.75, 3.05) is 18.7 Å². The molecule has 1 saturated carbocycles. The lowest BCUT2D eigenvalue weighted by Gasteiger charge is -2.24. The fourth-order valence-electron chi connectivity index (χ4n) is 4.00. The van der Waals surface area contributed by atoms with Crippen LogP contribution in [0.2, 0.25) is 0 Å². The quantitative estimate of drug-likeness (QED) is 0.776. The zero-order valence-corrected chi connectivity index (χ0v) is 15.8. The number of amides is 2. The van der Waals surface area contributed by atoms with Crippen molar-refractivity contribution in [3.05, 3.63) is 18.2 Å². The molecule has 1 aromatic rings. The highest BCUT2D eigenvalue weighted by atomic mass is 16.7. The number of fused-ring (bicyclic) bond motifs is 1. The van der Waals surface area contributed by atoms with Crippen molar-refractivity contribution in [1.29, 1.82) is 0 Å². The number of nitrogens with zero attached hydrogens (tertiary/aromatic N) is 1. The van der Waals surface area contributed by atoms with E-state index < -0.39 is 23.9 Å². The highest BCUT2D eigenvalue weighted by Crippen LogP contribution is 2.34. The SMILES string of the molecule is C[C@H](OC(=O)[C@@H]1CC(=O)N(C2CCCC2)C1)C(=O)Nc1ccc2c(c1)OCO2. The van der Waals surface area contributed by atoms with Gasteiger partial charge in [-0.2, -0.15) is 0 Å². The number of hydrogen-bond acceptors (Lipinski definition) is 6. The number of nitrogens with one attached hydrogen (secondary N) is 1. The largest absolute Gasteiger partial charge is 0.454 e.